The predicted octanol–water partition coefficient (Wildman–Crippen LogP) is 9.94. The van der Waals surface area contributed by atoms with E-state index in [1.807, 2.05) is 27.2 Å². The van der Waals surface area contributed by atoms with E-state index in [1.165, 1.54) is 122 Å². The van der Waals surface area contributed by atoms with Crippen molar-refractivity contribution in [2.45, 2.75) is 187 Å². The van der Waals surface area contributed by atoms with Crippen molar-refractivity contribution >= 4 is 13.7 Å². The van der Waals surface area contributed by atoms with Crippen LogP contribution < -0.4 is 10.2 Å². The first-order chi connectivity index (χ1) is 23.5. The van der Waals surface area contributed by atoms with Crippen LogP contribution >= 0.6 is 7.82 Å². The van der Waals surface area contributed by atoms with Crippen molar-refractivity contribution in [1.82, 2.24) is 5.32 Å². The number of quaternary nitrogens is 1. The second-order valence-electron chi connectivity index (χ2n) is 15.0. The molecule has 9 heteroatoms. The minimum Gasteiger partial charge on any atom is -0.756 e. The molecule has 0 rings (SSSR count). The molecule has 0 spiro atoms. The van der Waals surface area contributed by atoms with Gasteiger partial charge in [0.15, 0.2) is 0 Å². The summed E-state index contributed by atoms with van der Waals surface area (Å²) in [5.74, 6) is -0.215. The predicted molar refractivity (Wildman–Crippen MR) is 205 cm³/mol. The molecule has 3 atom stereocenters. The summed E-state index contributed by atoms with van der Waals surface area (Å²) in [6, 6.07) is -0.911. The number of hydrogen-bond donors (Lipinski definition) is 2. The van der Waals surface area contributed by atoms with E-state index in [-0.39, 0.29) is 12.5 Å². The molecular formula is C40H79N2O6P. The largest absolute Gasteiger partial charge is 0.756 e. The maximum atomic E-state index is 12.8. The molecule has 0 radical (unpaired) electrons. The van der Waals surface area contributed by atoms with Crippen LogP contribution in [-0.4, -0.2) is 68.5 Å². The molecule has 0 heterocycles. The van der Waals surface area contributed by atoms with E-state index in [1.54, 1.807) is 12.2 Å². The second kappa shape index (κ2) is 32.9. The fraction of sp³-hybridized carbons (Fsp3) is 0.875. The van der Waals surface area contributed by atoms with Gasteiger partial charge in [0, 0.05) is 6.42 Å². The van der Waals surface area contributed by atoms with Gasteiger partial charge in [-0.05, 0) is 19.3 Å². The van der Waals surface area contributed by atoms with Crippen LogP contribution in [0.15, 0.2) is 24.3 Å². The number of nitrogens with zero attached hydrogens (tertiary/aromatic N) is 1. The molecule has 0 aliphatic carbocycles. The van der Waals surface area contributed by atoms with Crippen molar-refractivity contribution in [1.29, 1.82) is 0 Å². The molecule has 0 aromatic carbocycles. The smallest absolute Gasteiger partial charge is 0.268 e. The third kappa shape index (κ3) is 35.2. The minimum absolute atomic E-state index is 0.00747. The van der Waals surface area contributed by atoms with E-state index >= 15 is 0 Å². The number of phosphoric acid groups is 1. The van der Waals surface area contributed by atoms with Crippen LogP contribution in [0.4, 0.5) is 0 Å². The summed E-state index contributed by atoms with van der Waals surface area (Å²) in [6.45, 7) is 4.57. The van der Waals surface area contributed by atoms with Crippen molar-refractivity contribution in [3.63, 3.8) is 0 Å². The summed E-state index contributed by atoms with van der Waals surface area (Å²) in [5.41, 5.74) is 0. The monoisotopic (exact) mass is 715 g/mol. The summed E-state index contributed by atoms with van der Waals surface area (Å²) >= 11 is 0. The summed E-state index contributed by atoms with van der Waals surface area (Å²) in [7, 11) is 1.24. The maximum absolute atomic E-state index is 12.8. The van der Waals surface area contributed by atoms with Gasteiger partial charge in [0.1, 0.15) is 13.2 Å². The number of phosphoric ester groups is 1. The number of allylic oxidation sites excluding steroid dienone is 3. The Morgan fingerprint density at radius 1 is 0.714 bits per heavy atom. The lowest BCUT2D eigenvalue weighted by molar-refractivity contribution is -0.870. The molecule has 0 aromatic heterocycles. The molecule has 0 aliphatic rings. The lowest BCUT2D eigenvalue weighted by atomic mass is 10.0. The van der Waals surface area contributed by atoms with Crippen LogP contribution in [0.1, 0.15) is 174 Å². The minimum atomic E-state index is -4.59. The Kier molecular flexibility index (Phi) is 32.2. The molecule has 0 saturated heterocycles. The molecule has 0 aromatic rings. The standard InChI is InChI=1S/C40H79N2O6P/c1-6-8-10-12-14-16-18-19-20-21-22-23-24-26-28-30-32-34-40(44)41-38(37-48-49(45,46)47-36-35-42(3,4)5)39(43)33-31-29-27-25-17-15-13-11-9-7-2/h27,29,31,33,38-39,43H,6-26,28,30,32,34-37H2,1-5H3,(H-,41,44,45,46)/b29-27+,33-31+/t38-,39+/m0/s1. The Morgan fingerprint density at radius 3 is 1.63 bits per heavy atom. The molecule has 290 valence electrons. The summed E-state index contributed by atoms with van der Waals surface area (Å²) < 4.78 is 23.0. The number of aliphatic hydroxyl groups is 1. The van der Waals surface area contributed by atoms with E-state index in [9.17, 15) is 19.4 Å². The Bertz CT molecular complexity index is 860. The fourth-order valence-corrected chi connectivity index (χ4v) is 6.40. The highest BCUT2D eigenvalue weighted by Gasteiger charge is 2.23. The number of rotatable bonds is 36. The first-order valence-electron chi connectivity index (χ1n) is 20.2. The highest BCUT2D eigenvalue weighted by atomic mass is 31.2. The lowest BCUT2D eigenvalue weighted by Gasteiger charge is -2.29. The lowest BCUT2D eigenvalue weighted by Crippen LogP contribution is -2.45. The second-order valence-corrected chi connectivity index (χ2v) is 16.4. The number of hydrogen-bond acceptors (Lipinski definition) is 6. The van der Waals surface area contributed by atoms with Gasteiger partial charge < -0.3 is 28.8 Å². The van der Waals surface area contributed by atoms with E-state index < -0.39 is 26.6 Å². The molecule has 0 aliphatic heterocycles. The van der Waals surface area contributed by atoms with Crippen LogP contribution in [0.5, 0.6) is 0 Å². The van der Waals surface area contributed by atoms with Gasteiger partial charge in [-0.15, -0.1) is 0 Å². The number of unbranched alkanes of at least 4 members (excludes halogenated alkanes) is 22. The van der Waals surface area contributed by atoms with Gasteiger partial charge in [0.25, 0.3) is 7.82 Å². The van der Waals surface area contributed by atoms with Gasteiger partial charge in [0.05, 0.1) is 39.9 Å². The van der Waals surface area contributed by atoms with E-state index in [2.05, 4.69) is 25.2 Å². The highest BCUT2D eigenvalue weighted by molar-refractivity contribution is 7.45. The maximum Gasteiger partial charge on any atom is 0.268 e. The third-order valence-corrected chi connectivity index (χ3v) is 9.93. The summed E-state index contributed by atoms with van der Waals surface area (Å²) in [5, 5.41) is 13.6. The SMILES string of the molecule is CCCCCCCC/C=C/C=C/[C@@H](O)[C@H](COP(=O)([O-])OCC[N+](C)(C)C)NC(=O)CCCCCCCCCCCCCCCCCCC. The van der Waals surface area contributed by atoms with E-state index in [4.69, 9.17) is 9.05 Å². The zero-order chi connectivity index (χ0) is 36.5. The normalized spacial score (nSPS) is 14.8. The molecule has 0 saturated carbocycles. The first-order valence-corrected chi connectivity index (χ1v) is 21.7. The molecule has 8 nitrogen and oxygen atoms in total. The van der Waals surface area contributed by atoms with Gasteiger partial charge in [-0.25, -0.2) is 0 Å². The van der Waals surface area contributed by atoms with Crippen LogP contribution in [-0.2, 0) is 18.4 Å². The molecule has 0 bridgehead atoms. The Labute approximate surface area is 303 Å². The van der Waals surface area contributed by atoms with Gasteiger partial charge in [0.2, 0.25) is 5.91 Å². The number of aliphatic hydroxyl groups excluding tert-OH is 1. The van der Waals surface area contributed by atoms with Crippen molar-refractivity contribution in [2.75, 3.05) is 40.9 Å². The summed E-state index contributed by atoms with van der Waals surface area (Å²) in [4.78, 5) is 25.1. The zero-order valence-corrected chi connectivity index (χ0v) is 33.5. The van der Waals surface area contributed by atoms with Crippen LogP contribution in [0.2, 0.25) is 0 Å². The number of carbonyl (C=O) groups excluding carboxylic acids is 1. The number of carbonyl (C=O) groups is 1. The number of likely N-dealkylation sites (N-methyl/N-ethyl adjacent to an activating group) is 1. The van der Waals surface area contributed by atoms with Gasteiger partial charge in [-0.2, -0.15) is 0 Å². The molecule has 1 amide bonds. The summed E-state index contributed by atoms with van der Waals surface area (Å²) in [6.07, 6.45) is 36.6. The Balaban J connectivity index is 4.43. The Morgan fingerprint density at radius 2 is 1.16 bits per heavy atom. The quantitative estimate of drug-likeness (QED) is 0.0290. The molecule has 0 fully saturated rings. The molecular weight excluding hydrogens is 635 g/mol. The van der Waals surface area contributed by atoms with Gasteiger partial charge in [-0.3, -0.25) is 9.36 Å². The van der Waals surface area contributed by atoms with Crippen LogP contribution in [0, 0.1) is 0 Å². The molecule has 49 heavy (non-hydrogen) atoms. The zero-order valence-electron chi connectivity index (χ0n) is 32.6. The average molecular weight is 715 g/mol. The third-order valence-electron chi connectivity index (χ3n) is 8.97. The van der Waals surface area contributed by atoms with Gasteiger partial charge >= 0.3 is 0 Å². The molecule has 1 unspecified atom stereocenters. The average Bonchev–Trinajstić information content (AvgIpc) is 3.04. The van der Waals surface area contributed by atoms with E-state index in [0.717, 1.165) is 32.1 Å². The van der Waals surface area contributed by atoms with Crippen LogP contribution in [0.3, 0.4) is 0 Å². The van der Waals surface area contributed by atoms with Gasteiger partial charge in [-0.1, -0.05) is 173 Å². The topological polar surface area (TPSA) is 108 Å². The fourth-order valence-electron chi connectivity index (χ4n) is 5.68. The number of amides is 1. The van der Waals surface area contributed by atoms with Crippen LogP contribution in [0.25, 0.3) is 0 Å². The van der Waals surface area contributed by atoms with E-state index in [0.29, 0.717) is 17.4 Å². The van der Waals surface area contributed by atoms with Crippen molar-refractivity contribution < 1.29 is 32.9 Å². The van der Waals surface area contributed by atoms with Crippen molar-refractivity contribution in [3.05, 3.63) is 24.3 Å². The number of nitrogens with one attached hydrogen (secondary N) is 1. The van der Waals surface area contributed by atoms with Crippen molar-refractivity contribution in [3.8, 4) is 0 Å². The van der Waals surface area contributed by atoms with Crippen molar-refractivity contribution in [2.24, 2.45) is 0 Å². The Hall–Kier alpha value is -1.02. The molecule has 2 N–H and O–H groups in total. The first kappa shape index (κ1) is 48.0. The highest BCUT2D eigenvalue weighted by Crippen LogP contribution is 2.38.